The summed E-state index contributed by atoms with van der Waals surface area (Å²) in [5.41, 5.74) is -0.388. The average molecular weight is 535 g/mol. The van der Waals surface area contributed by atoms with E-state index in [1.807, 2.05) is 27.7 Å². The van der Waals surface area contributed by atoms with E-state index in [0.29, 0.717) is 25.7 Å². The summed E-state index contributed by atoms with van der Waals surface area (Å²) in [6, 6.07) is 5.50. The van der Waals surface area contributed by atoms with E-state index in [0.717, 1.165) is 43.0 Å². The largest absolute Gasteiger partial charge is 0.508 e. The maximum absolute atomic E-state index is 13.7. The maximum Gasteiger partial charge on any atom is 0.328 e. The fourth-order valence-corrected chi connectivity index (χ4v) is 5.41. The van der Waals surface area contributed by atoms with E-state index in [1.165, 1.54) is 12.1 Å². The smallest absolute Gasteiger partial charge is 0.328 e. The average Bonchev–Trinajstić information content (AvgIpc) is 3.33. The Kier molecular flexibility index (Phi) is 12.4. The van der Waals surface area contributed by atoms with Crippen LogP contribution in [0.3, 0.4) is 0 Å². The molecule has 2 rings (SSSR count). The van der Waals surface area contributed by atoms with Gasteiger partial charge in [-0.25, -0.2) is 4.79 Å². The Balaban J connectivity index is 2.21. The highest BCUT2D eigenvalue weighted by atomic mass is 32.2. The second-order valence-electron chi connectivity index (χ2n) is 10.1. The molecule has 1 aliphatic carbocycles. The van der Waals surface area contributed by atoms with Crippen LogP contribution in [0.1, 0.15) is 84.6 Å². The van der Waals surface area contributed by atoms with Gasteiger partial charge in [-0.2, -0.15) is 0 Å². The van der Waals surface area contributed by atoms with Gasteiger partial charge in [-0.1, -0.05) is 70.9 Å². The Hall–Kier alpha value is -2.55. The zero-order valence-electron chi connectivity index (χ0n) is 22.5. The fraction of sp³-hybridized carbons (Fsp3) is 0.643. The number of carbonyl (C=O) groups excluding carboxylic acids is 4. The number of benzene rings is 1. The minimum absolute atomic E-state index is 0.0370. The molecule has 8 nitrogen and oxygen atoms in total. The number of aromatic hydroxyl groups is 1. The highest BCUT2D eigenvalue weighted by Crippen LogP contribution is 2.32. The number of phenols is 1. The zero-order chi connectivity index (χ0) is 27.4. The maximum atomic E-state index is 13.7. The van der Waals surface area contributed by atoms with Crippen LogP contribution in [0.5, 0.6) is 5.75 Å². The van der Waals surface area contributed by atoms with Crippen LogP contribution in [0.15, 0.2) is 24.3 Å². The Morgan fingerprint density at radius 3 is 2.27 bits per heavy atom. The number of thioether (sulfide) groups is 1. The van der Waals surface area contributed by atoms with Crippen molar-refractivity contribution in [3.05, 3.63) is 29.8 Å². The number of phenolic OH excluding ortho intramolecular Hbond substituents is 1. The topological polar surface area (TPSA) is 122 Å². The summed E-state index contributed by atoms with van der Waals surface area (Å²) in [4.78, 5) is 52.2. The molecule has 0 saturated heterocycles. The molecule has 0 radical (unpaired) electrons. The van der Waals surface area contributed by atoms with Crippen LogP contribution in [-0.2, 0) is 30.3 Å². The lowest BCUT2D eigenvalue weighted by molar-refractivity contribution is -0.149. The normalized spacial score (nSPS) is 16.1. The van der Waals surface area contributed by atoms with Crippen molar-refractivity contribution in [2.75, 3.05) is 6.61 Å². The van der Waals surface area contributed by atoms with Gasteiger partial charge in [0.1, 0.15) is 17.3 Å². The molecule has 1 saturated carbocycles. The summed E-state index contributed by atoms with van der Waals surface area (Å²) in [5, 5.41) is 14.8. The van der Waals surface area contributed by atoms with E-state index in [2.05, 4.69) is 10.6 Å². The predicted octanol–water partition coefficient (Wildman–Crippen LogP) is 4.28. The second-order valence-corrected chi connectivity index (χ2v) is 11.3. The Bertz CT molecular complexity index is 912. The van der Waals surface area contributed by atoms with Gasteiger partial charge in [0.15, 0.2) is 5.12 Å². The van der Waals surface area contributed by atoms with Crippen LogP contribution in [0, 0.1) is 5.92 Å². The summed E-state index contributed by atoms with van der Waals surface area (Å²) in [6.45, 7) is 7.95. The number of unbranched alkanes of at least 4 members (excludes halogenated alkanes) is 1. The van der Waals surface area contributed by atoms with E-state index >= 15 is 0 Å². The predicted molar refractivity (Wildman–Crippen MR) is 145 cm³/mol. The molecule has 37 heavy (non-hydrogen) atoms. The summed E-state index contributed by atoms with van der Waals surface area (Å²) in [5.74, 6) is -1.26. The van der Waals surface area contributed by atoms with Gasteiger partial charge in [-0.3, -0.25) is 14.4 Å². The van der Waals surface area contributed by atoms with Crippen LogP contribution in [0.25, 0.3) is 0 Å². The molecule has 2 atom stereocenters. The minimum atomic E-state index is -1.14. The standard InChI is InChI=1S/C28H42N2O6S/c1-5-7-17-36-26(34)22(18-20-11-13-21(31)14-12-20)29-27(35)28(15-8-9-16-28)30-25(33)24(19(3)4)37-23(32)10-6-2/h11-14,19,22,24,31H,5-10,15-18H2,1-4H3,(H,29,35)(H,30,33)/t22-,24-/m0/s1. The van der Waals surface area contributed by atoms with Gasteiger partial charge in [0.25, 0.3) is 0 Å². The molecular weight excluding hydrogens is 492 g/mol. The van der Waals surface area contributed by atoms with Crippen molar-refractivity contribution < 1.29 is 29.0 Å². The fourth-order valence-electron chi connectivity index (χ4n) is 4.37. The zero-order valence-corrected chi connectivity index (χ0v) is 23.3. The number of ether oxygens (including phenoxy) is 1. The molecule has 1 fully saturated rings. The molecule has 2 amide bonds. The molecule has 0 aromatic heterocycles. The van der Waals surface area contributed by atoms with Crippen molar-refractivity contribution in [1.29, 1.82) is 0 Å². The van der Waals surface area contributed by atoms with Gasteiger partial charge in [0.05, 0.1) is 11.9 Å². The van der Waals surface area contributed by atoms with Gasteiger partial charge in [-0.05, 0) is 49.3 Å². The van der Waals surface area contributed by atoms with E-state index < -0.39 is 28.7 Å². The van der Waals surface area contributed by atoms with Crippen molar-refractivity contribution in [3.63, 3.8) is 0 Å². The Labute approximate surface area is 224 Å². The number of esters is 1. The van der Waals surface area contributed by atoms with Crippen molar-refractivity contribution >= 4 is 34.7 Å². The molecule has 9 heteroatoms. The first-order chi connectivity index (χ1) is 17.6. The van der Waals surface area contributed by atoms with E-state index in [1.54, 1.807) is 12.1 Å². The monoisotopic (exact) mass is 534 g/mol. The summed E-state index contributed by atoms with van der Waals surface area (Å²) in [6.07, 6.45) is 5.34. The number of hydrogen-bond donors (Lipinski definition) is 3. The highest BCUT2D eigenvalue weighted by molar-refractivity contribution is 8.14. The van der Waals surface area contributed by atoms with Crippen LogP contribution in [-0.4, -0.2) is 51.4 Å². The van der Waals surface area contributed by atoms with Gasteiger partial charge >= 0.3 is 5.97 Å². The number of amides is 2. The highest BCUT2D eigenvalue weighted by Gasteiger charge is 2.45. The summed E-state index contributed by atoms with van der Waals surface area (Å²) < 4.78 is 5.42. The molecule has 0 aliphatic heterocycles. The molecule has 1 aromatic rings. The first-order valence-corrected chi connectivity index (χ1v) is 14.3. The molecule has 0 unspecified atom stereocenters. The van der Waals surface area contributed by atoms with Crippen molar-refractivity contribution in [2.45, 2.75) is 102 Å². The van der Waals surface area contributed by atoms with Crippen LogP contribution in [0.4, 0.5) is 0 Å². The summed E-state index contributed by atoms with van der Waals surface area (Å²) in [7, 11) is 0. The third-order valence-electron chi connectivity index (χ3n) is 6.54. The lowest BCUT2D eigenvalue weighted by Gasteiger charge is -2.33. The van der Waals surface area contributed by atoms with Gasteiger partial charge in [0.2, 0.25) is 11.8 Å². The number of nitrogens with one attached hydrogen (secondary N) is 2. The molecule has 1 aromatic carbocycles. The quantitative estimate of drug-likeness (QED) is 0.241. The molecule has 3 N–H and O–H groups in total. The third kappa shape index (κ3) is 9.36. The van der Waals surface area contributed by atoms with Crippen LogP contribution in [0.2, 0.25) is 0 Å². The number of carbonyl (C=O) groups is 4. The van der Waals surface area contributed by atoms with Crippen LogP contribution < -0.4 is 10.6 Å². The van der Waals surface area contributed by atoms with E-state index in [-0.39, 0.29) is 35.7 Å². The van der Waals surface area contributed by atoms with Gasteiger partial charge in [-0.15, -0.1) is 0 Å². The Morgan fingerprint density at radius 1 is 1.05 bits per heavy atom. The van der Waals surface area contributed by atoms with Crippen molar-refractivity contribution in [2.24, 2.45) is 5.92 Å². The molecule has 1 aliphatic rings. The SMILES string of the molecule is CCCCOC(=O)[C@H](Cc1ccc(O)cc1)NC(=O)C1(NC(=O)[C@@H](SC(=O)CCC)C(C)C)CCCC1. The first kappa shape index (κ1) is 30.7. The third-order valence-corrected chi connectivity index (χ3v) is 8.02. The Morgan fingerprint density at radius 2 is 1.70 bits per heavy atom. The van der Waals surface area contributed by atoms with Gasteiger partial charge in [0, 0.05) is 12.8 Å². The molecular formula is C28H42N2O6S. The second kappa shape index (κ2) is 15.0. The molecule has 206 valence electrons. The van der Waals surface area contributed by atoms with E-state index in [4.69, 9.17) is 4.74 Å². The minimum Gasteiger partial charge on any atom is -0.508 e. The van der Waals surface area contributed by atoms with Crippen LogP contribution >= 0.6 is 11.8 Å². The lowest BCUT2D eigenvalue weighted by atomic mass is 9.94. The summed E-state index contributed by atoms with van der Waals surface area (Å²) >= 11 is 1.03. The van der Waals surface area contributed by atoms with Gasteiger partial charge < -0.3 is 20.5 Å². The lowest BCUT2D eigenvalue weighted by Crippen LogP contribution is -2.61. The molecule has 0 bridgehead atoms. The molecule has 0 heterocycles. The first-order valence-electron chi connectivity index (χ1n) is 13.4. The number of hydrogen-bond acceptors (Lipinski definition) is 7. The molecule has 0 spiro atoms. The van der Waals surface area contributed by atoms with Crippen molar-refractivity contribution in [1.82, 2.24) is 10.6 Å². The van der Waals surface area contributed by atoms with Crippen molar-refractivity contribution in [3.8, 4) is 5.75 Å². The number of rotatable bonds is 14. The van der Waals surface area contributed by atoms with E-state index in [9.17, 15) is 24.3 Å².